The van der Waals surface area contributed by atoms with Gasteiger partial charge in [-0.3, -0.25) is 9.59 Å². The summed E-state index contributed by atoms with van der Waals surface area (Å²) in [5, 5.41) is 9.39. The Morgan fingerprint density at radius 3 is 2.74 bits per heavy atom. The molecule has 0 amide bonds. The van der Waals surface area contributed by atoms with Gasteiger partial charge in [-0.2, -0.15) is 5.26 Å². The first-order valence-electron chi connectivity index (χ1n) is 8.12. The van der Waals surface area contributed by atoms with Crippen molar-refractivity contribution in [1.82, 2.24) is 0 Å². The second kappa shape index (κ2) is 5.05. The molecule has 0 N–H and O–H groups in total. The number of nitrogens with zero attached hydrogens (tertiary/aromatic N) is 1. The van der Waals surface area contributed by atoms with E-state index in [9.17, 15) is 19.6 Å². The Bertz CT molecular complexity index is 619. The minimum atomic E-state index is -0.990. The molecule has 0 aliphatic heterocycles. The number of hydrogen-bond acceptors (Lipinski definition) is 6. The first-order chi connectivity index (χ1) is 10.7. The van der Waals surface area contributed by atoms with Crippen LogP contribution >= 0.6 is 0 Å². The summed E-state index contributed by atoms with van der Waals surface area (Å²) in [5.41, 5.74) is -1.61. The highest BCUT2D eigenvalue weighted by molar-refractivity contribution is 5.92. The summed E-state index contributed by atoms with van der Waals surface area (Å²) >= 11 is 0. The van der Waals surface area contributed by atoms with Gasteiger partial charge in [0.1, 0.15) is 11.5 Å². The number of ketones is 1. The fourth-order valence-electron chi connectivity index (χ4n) is 4.39. The normalized spacial score (nSPS) is 37.6. The molecule has 5 atom stereocenters. The van der Waals surface area contributed by atoms with Crippen LogP contribution in [0.25, 0.3) is 0 Å². The Morgan fingerprint density at radius 2 is 2.13 bits per heavy atom. The Balaban J connectivity index is 1.66. The summed E-state index contributed by atoms with van der Waals surface area (Å²) in [5.74, 6) is -0.756. The molecule has 3 fully saturated rings. The number of Topliss-reactive ketones (excluding diaryl/α,β-unsaturated/α-hetero) is 1. The standard InChI is InChI=1S/C17H21NO5/c1-4-16(2,3)14(20)23-15(21)22-13-9-5-11-10(13)6-12(19)17(11,7-9)8-18/h9-11,13H,4-7H2,1-3H3. The van der Waals surface area contributed by atoms with E-state index in [1.807, 2.05) is 6.92 Å². The lowest BCUT2D eigenvalue weighted by Gasteiger charge is -2.30. The fourth-order valence-corrected chi connectivity index (χ4v) is 4.39. The summed E-state index contributed by atoms with van der Waals surface area (Å²) in [6, 6.07) is 2.21. The van der Waals surface area contributed by atoms with Gasteiger partial charge in [0, 0.05) is 12.3 Å². The van der Waals surface area contributed by atoms with Crippen molar-refractivity contribution in [2.24, 2.45) is 28.6 Å². The van der Waals surface area contributed by atoms with Crippen LogP contribution in [0.1, 0.15) is 46.5 Å². The first-order valence-corrected chi connectivity index (χ1v) is 8.12. The molecule has 6 heteroatoms. The summed E-state index contributed by atoms with van der Waals surface area (Å²) in [6.45, 7) is 5.25. The van der Waals surface area contributed by atoms with Gasteiger partial charge in [-0.1, -0.05) is 6.92 Å². The smallest absolute Gasteiger partial charge is 0.430 e. The monoisotopic (exact) mass is 319 g/mol. The van der Waals surface area contributed by atoms with Crippen molar-refractivity contribution in [3.63, 3.8) is 0 Å². The molecule has 23 heavy (non-hydrogen) atoms. The van der Waals surface area contributed by atoms with Crippen LogP contribution in [0.15, 0.2) is 0 Å². The fraction of sp³-hybridized carbons (Fsp3) is 0.765. The van der Waals surface area contributed by atoms with E-state index in [-0.39, 0.29) is 30.0 Å². The number of hydrogen-bond donors (Lipinski definition) is 0. The van der Waals surface area contributed by atoms with E-state index in [2.05, 4.69) is 6.07 Å². The molecule has 0 saturated heterocycles. The maximum atomic E-state index is 12.2. The van der Waals surface area contributed by atoms with E-state index < -0.39 is 29.1 Å². The number of fused-ring (bicyclic) bond motifs is 1. The molecule has 0 aromatic rings. The quantitative estimate of drug-likeness (QED) is 0.586. The second-order valence-corrected chi connectivity index (χ2v) is 7.64. The highest BCUT2D eigenvalue weighted by Gasteiger charge is 2.69. The summed E-state index contributed by atoms with van der Waals surface area (Å²) in [4.78, 5) is 36.0. The average Bonchev–Trinajstić information content (AvgIpc) is 3.09. The van der Waals surface area contributed by atoms with Gasteiger partial charge in [-0.05, 0) is 44.9 Å². The molecule has 3 rings (SSSR count). The van der Waals surface area contributed by atoms with E-state index in [4.69, 9.17) is 9.47 Å². The van der Waals surface area contributed by atoms with Gasteiger partial charge in [0.15, 0.2) is 5.78 Å². The molecular weight excluding hydrogens is 298 g/mol. The van der Waals surface area contributed by atoms with Crippen molar-refractivity contribution in [1.29, 1.82) is 5.26 Å². The van der Waals surface area contributed by atoms with Crippen molar-refractivity contribution in [3.8, 4) is 6.07 Å². The zero-order chi connectivity index (χ0) is 17.0. The number of carbonyl (C=O) groups excluding carboxylic acids is 3. The Hall–Kier alpha value is -1.90. The van der Waals surface area contributed by atoms with Crippen molar-refractivity contribution < 1.29 is 23.9 Å². The van der Waals surface area contributed by atoms with Gasteiger partial charge >= 0.3 is 12.1 Å². The Kier molecular flexibility index (Phi) is 3.51. The second-order valence-electron chi connectivity index (χ2n) is 7.64. The van der Waals surface area contributed by atoms with E-state index in [0.717, 1.165) is 6.42 Å². The molecular formula is C17H21NO5. The highest BCUT2D eigenvalue weighted by Crippen LogP contribution is 2.65. The SMILES string of the molecule is CCC(C)(C)C(=O)OC(=O)OC1C2CC3C1CC(=O)C3(C#N)C2. The Morgan fingerprint density at radius 1 is 1.43 bits per heavy atom. The summed E-state index contributed by atoms with van der Waals surface area (Å²) < 4.78 is 10.2. The van der Waals surface area contributed by atoms with Gasteiger partial charge in [0.05, 0.1) is 11.5 Å². The molecule has 0 aromatic carbocycles. The molecule has 124 valence electrons. The number of nitriles is 1. The van der Waals surface area contributed by atoms with Crippen LogP contribution in [0.3, 0.4) is 0 Å². The van der Waals surface area contributed by atoms with Gasteiger partial charge in [0.25, 0.3) is 0 Å². The zero-order valence-corrected chi connectivity index (χ0v) is 13.6. The average molecular weight is 319 g/mol. The topological polar surface area (TPSA) is 93.5 Å². The lowest BCUT2D eigenvalue weighted by Crippen LogP contribution is -2.37. The van der Waals surface area contributed by atoms with Gasteiger partial charge in [0.2, 0.25) is 0 Å². The van der Waals surface area contributed by atoms with Crippen LogP contribution in [0.2, 0.25) is 0 Å². The summed E-state index contributed by atoms with van der Waals surface area (Å²) in [7, 11) is 0. The first kappa shape index (κ1) is 16.0. The lowest BCUT2D eigenvalue weighted by molar-refractivity contribution is -0.151. The number of rotatable bonds is 3. The van der Waals surface area contributed by atoms with Crippen LogP contribution in [0.5, 0.6) is 0 Å². The third-order valence-electron chi connectivity index (χ3n) is 6.14. The zero-order valence-electron chi connectivity index (χ0n) is 13.6. The van der Waals surface area contributed by atoms with E-state index in [1.165, 1.54) is 0 Å². The predicted octanol–water partition coefficient (Wildman–Crippen LogP) is 2.61. The maximum Gasteiger partial charge on any atom is 0.516 e. The molecule has 2 bridgehead atoms. The molecule has 3 aliphatic carbocycles. The van der Waals surface area contributed by atoms with Crippen molar-refractivity contribution >= 4 is 17.9 Å². The van der Waals surface area contributed by atoms with Crippen LogP contribution < -0.4 is 0 Å². The number of carbonyl (C=O) groups is 3. The molecule has 0 aromatic heterocycles. The van der Waals surface area contributed by atoms with E-state index in [0.29, 0.717) is 12.8 Å². The van der Waals surface area contributed by atoms with Crippen LogP contribution in [-0.2, 0) is 19.1 Å². The molecule has 3 saturated carbocycles. The number of esters is 1. The van der Waals surface area contributed by atoms with E-state index in [1.54, 1.807) is 13.8 Å². The minimum Gasteiger partial charge on any atom is -0.430 e. The maximum absolute atomic E-state index is 12.2. The minimum absolute atomic E-state index is 0.0120. The molecule has 0 radical (unpaired) electrons. The van der Waals surface area contributed by atoms with Gasteiger partial charge < -0.3 is 9.47 Å². The molecule has 5 unspecified atom stereocenters. The highest BCUT2D eigenvalue weighted by atomic mass is 16.7. The lowest BCUT2D eigenvalue weighted by atomic mass is 9.74. The molecule has 0 spiro atoms. The van der Waals surface area contributed by atoms with E-state index >= 15 is 0 Å². The van der Waals surface area contributed by atoms with Gasteiger partial charge in [-0.15, -0.1) is 0 Å². The Labute approximate surface area is 135 Å². The number of ether oxygens (including phenoxy) is 2. The van der Waals surface area contributed by atoms with Crippen LogP contribution in [-0.4, -0.2) is 24.0 Å². The molecule has 3 aliphatic rings. The third-order valence-corrected chi connectivity index (χ3v) is 6.14. The molecule has 0 heterocycles. The van der Waals surface area contributed by atoms with Crippen molar-refractivity contribution in [2.45, 2.75) is 52.6 Å². The van der Waals surface area contributed by atoms with Crippen molar-refractivity contribution in [3.05, 3.63) is 0 Å². The van der Waals surface area contributed by atoms with Crippen molar-refractivity contribution in [2.75, 3.05) is 0 Å². The predicted molar refractivity (Wildman–Crippen MR) is 77.8 cm³/mol. The third kappa shape index (κ3) is 2.17. The largest absolute Gasteiger partial charge is 0.516 e. The summed E-state index contributed by atoms with van der Waals surface area (Å²) in [6.07, 6.45) is 0.608. The van der Waals surface area contributed by atoms with Crippen LogP contribution in [0, 0.1) is 39.9 Å². The van der Waals surface area contributed by atoms with Crippen LogP contribution in [0.4, 0.5) is 4.79 Å². The van der Waals surface area contributed by atoms with Gasteiger partial charge in [-0.25, -0.2) is 4.79 Å². The molecule has 6 nitrogen and oxygen atoms in total.